The highest BCUT2D eigenvalue weighted by Crippen LogP contribution is 2.25. The lowest BCUT2D eigenvalue weighted by Crippen LogP contribution is -1.98. The molecule has 3 N–H and O–H groups in total. The minimum absolute atomic E-state index is 0.783. The zero-order chi connectivity index (χ0) is 14.5. The molecular formula is C17H25N3. The lowest BCUT2D eigenvalue weighted by molar-refractivity contribution is 0.673. The number of aromatic amines is 1. The average Bonchev–Trinajstić information content (AvgIpc) is 2.87. The maximum absolute atomic E-state index is 5.51. The average molecular weight is 271 g/mol. The zero-order valence-electron chi connectivity index (χ0n) is 12.8. The number of aryl methyl sites for hydroxylation is 4. The van der Waals surface area contributed by atoms with Crippen LogP contribution in [0.25, 0.3) is 11.3 Å². The normalized spacial score (nSPS) is 11.0. The molecule has 0 aliphatic heterocycles. The lowest BCUT2D eigenvalue weighted by atomic mass is 9.99. The Morgan fingerprint density at radius 3 is 2.50 bits per heavy atom. The number of unbranched alkanes of at least 4 members (excludes halogenated alkanes) is 2. The highest BCUT2D eigenvalue weighted by atomic mass is 14.9. The summed E-state index contributed by atoms with van der Waals surface area (Å²) in [6, 6.07) is 4.49. The Hall–Kier alpha value is -1.61. The van der Waals surface area contributed by atoms with Gasteiger partial charge in [0, 0.05) is 12.0 Å². The molecule has 1 aromatic carbocycles. The van der Waals surface area contributed by atoms with Crippen molar-refractivity contribution < 1.29 is 0 Å². The maximum Gasteiger partial charge on any atom is 0.106 e. The van der Waals surface area contributed by atoms with Crippen molar-refractivity contribution in [3.8, 4) is 11.3 Å². The fourth-order valence-electron chi connectivity index (χ4n) is 2.49. The van der Waals surface area contributed by atoms with E-state index in [9.17, 15) is 0 Å². The molecule has 3 nitrogen and oxygen atoms in total. The fraction of sp³-hybridized carbons (Fsp3) is 0.471. The summed E-state index contributed by atoms with van der Waals surface area (Å²) in [4.78, 5) is 7.95. The van der Waals surface area contributed by atoms with Crippen molar-refractivity contribution in [2.45, 2.75) is 46.5 Å². The first-order chi connectivity index (χ1) is 9.61. The molecule has 0 unspecified atom stereocenters. The Bertz CT molecular complexity index is 570. The number of benzene rings is 1. The molecule has 0 aliphatic rings. The third-order valence-electron chi connectivity index (χ3n) is 3.88. The van der Waals surface area contributed by atoms with Crippen LogP contribution >= 0.6 is 0 Å². The molecule has 0 spiro atoms. The van der Waals surface area contributed by atoms with Gasteiger partial charge < -0.3 is 10.7 Å². The summed E-state index contributed by atoms with van der Waals surface area (Å²) in [6.45, 7) is 7.25. The van der Waals surface area contributed by atoms with Gasteiger partial charge in [0.25, 0.3) is 0 Å². The Kier molecular flexibility index (Phi) is 4.96. The summed E-state index contributed by atoms with van der Waals surface area (Å²) in [5, 5.41) is 0. The number of hydrogen-bond acceptors (Lipinski definition) is 2. The summed E-state index contributed by atoms with van der Waals surface area (Å²) in [6.07, 6.45) is 6.38. The number of nitrogens with one attached hydrogen (secondary N) is 1. The largest absolute Gasteiger partial charge is 0.342 e. The van der Waals surface area contributed by atoms with E-state index >= 15 is 0 Å². The number of nitrogens with zero attached hydrogens (tertiary/aromatic N) is 1. The summed E-state index contributed by atoms with van der Waals surface area (Å²) in [5.74, 6) is 1.08. The number of imidazole rings is 1. The number of nitrogens with two attached hydrogens (primary N) is 1. The minimum Gasteiger partial charge on any atom is -0.342 e. The van der Waals surface area contributed by atoms with E-state index in [1.807, 2.05) is 6.20 Å². The van der Waals surface area contributed by atoms with Crippen LogP contribution in [0.4, 0.5) is 0 Å². The molecule has 0 aliphatic carbocycles. The van der Waals surface area contributed by atoms with Gasteiger partial charge in [0.2, 0.25) is 0 Å². The summed E-state index contributed by atoms with van der Waals surface area (Å²) < 4.78 is 0. The second-order valence-corrected chi connectivity index (χ2v) is 5.59. The van der Waals surface area contributed by atoms with E-state index in [1.165, 1.54) is 28.7 Å². The molecule has 108 valence electrons. The summed E-state index contributed by atoms with van der Waals surface area (Å²) in [7, 11) is 0. The van der Waals surface area contributed by atoms with E-state index in [-0.39, 0.29) is 0 Å². The van der Waals surface area contributed by atoms with Gasteiger partial charge in [0.15, 0.2) is 0 Å². The molecule has 2 rings (SSSR count). The van der Waals surface area contributed by atoms with Crippen LogP contribution in [0.3, 0.4) is 0 Å². The molecular weight excluding hydrogens is 246 g/mol. The Morgan fingerprint density at radius 2 is 1.75 bits per heavy atom. The first-order valence-corrected chi connectivity index (χ1v) is 7.44. The Morgan fingerprint density at radius 1 is 1.00 bits per heavy atom. The molecule has 0 atom stereocenters. The molecule has 3 heteroatoms. The predicted molar refractivity (Wildman–Crippen MR) is 84.8 cm³/mol. The van der Waals surface area contributed by atoms with Gasteiger partial charge >= 0.3 is 0 Å². The number of H-pyrrole nitrogens is 1. The zero-order valence-corrected chi connectivity index (χ0v) is 12.8. The van der Waals surface area contributed by atoms with Crippen molar-refractivity contribution in [1.29, 1.82) is 0 Å². The molecule has 1 aromatic heterocycles. The Labute approximate surface area is 121 Å². The predicted octanol–water partition coefficient (Wildman–Crippen LogP) is 3.67. The van der Waals surface area contributed by atoms with Crippen molar-refractivity contribution >= 4 is 0 Å². The molecule has 0 saturated carbocycles. The summed E-state index contributed by atoms with van der Waals surface area (Å²) >= 11 is 0. The van der Waals surface area contributed by atoms with Crippen LogP contribution in [0, 0.1) is 20.8 Å². The third-order valence-corrected chi connectivity index (χ3v) is 3.88. The molecule has 0 saturated heterocycles. The van der Waals surface area contributed by atoms with Gasteiger partial charge in [0.05, 0.1) is 11.9 Å². The van der Waals surface area contributed by atoms with Crippen molar-refractivity contribution in [2.24, 2.45) is 5.73 Å². The number of hydrogen-bond donors (Lipinski definition) is 2. The van der Waals surface area contributed by atoms with Gasteiger partial charge in [-0.2, -0.15) is 0 Å². The van der Waals surface area contributed by atoms with Crippen LogP contribution in [0.15, 0.2) is 18.3 Å². The second kappa shape index (κ2) is 6.71. The SMILES string of the molecule is Cc1cc(C)c(-c2cnc(CCCCCN)[nH]2)cc1C. The second-order valence-electron chi connectivity index (χ2n) is 5.59. The van der Waals surface area contributed by atoms with E-state index < -0.39 is 0 Å². The minimum atomic E-state index is 0.783. The number of rotatable bonds is 6. The van der Waals surface area contributed by atoms with Crippen LogP contribution in [-0.2, 0) is 6.42 Å². The van der Waals surface area contributed by atoms with Gasteiger partial charge in [-0.15, -0.1) is 0 Å². The standard InChI is InChI=1S/C17H25N3/c1-12-9-14(3)15(10-13(12)2)16-11-19-17(20-16)7-5-4-6-8-18/h9-11H,4-8,18H2,1-3H3,(H,19,20). The van der Waals surface area contributed by atoms with Crippen LogP contribution in [-0.4, -0.2) is 16.5 Å². The van der Waals surface area contributed by atoms with Crippen molar-refractivity contribution in [3.05, 3.63) is 40.8 Å². The van der Waals surface area contributed by atoms with Crippen LogP contribution in [0.2, 0.25) is 0 Å². The van der Waals surface area contributed by atoms with Gasteiger partial charge in [0.1, 0.15) is 5.82 Å². The molecule has 0 bridgehead atoms. The first kappa shape index (κ1) is 14.8. The van der Waals surface area contributed by atoms with Gasteiger partial charge in [-0.05, 0) is 62.9 Å². The van der Waals surface area contributed by atoms with Crippen LogP contribution < -0.4 is 5.73 Å². The maximum atomic E-state index is 5.51. The molecule has 0 amide bonds. The van der Waals surface area contributed by atoms with Gasteiger partial charge in [-0.25, -0.2) is 4.98 Å². The molecule has 0 fully saturated rings. The molecule has 1 heterocycles. The lowest BCUT2D eigenvalue weighted by Gasteiger charge is -2.08. The van der Waals surface area contributed by atoms with Crippen molar-refractivity contribution in [3.63, 3.8) is 0 Å². The highest BCUT2D eigenvalue weighted by Gasteiger charge is 2.08. The smallest absolute Gasteiger partial charge is 0.106 e. The third kappa shape index (κ3) is 3.48. The fourth-order valence-corrected chi connectivity index (χ4v) is 2.49. The monoisotopic (exact) mass is 271 g/mol. The molecule has 20 heavy (non-hydrogen) atoms. The number of aromatic nitrogens is 2. The molecule has 2 aromatic rings. The van der Waals surface area contributed by atoms with E-state index in [1.54, 1.807) is 0 Å². The van der Waals surface area contributed by atoms with Crippen LogP contribution in [0.5, 0.6) is 0 Å². The van der Waals surface area contributed by atoms with Crippen molar-refractivity contribution in [1.82, 2.24) is 9.97 Å². The van der Waals surface area contributed by atoms with Gasteiger partial charge in [-0.3, -0.25) is 0 Å². The van der Waals surface area contributed by atoms with E-state index in [4.69, 9.17) is 5.73 Å². The van der Waals surface area contributed by atoms with E-state index in [2.05, 4.69) is 42.9 Å². The van der Waals surface area contributed by atoms with Crippen LogP contribution in [0.1, 0.15) is 41.8 Å². The first-order valence-electron chi connectivity index (χ1n) is 7.44. The Balaban J connectivity index is 2.10. The van der Waals surface area contributed by atoms with Gasteiger partial charge in [-0.1, -0.05) is 12.5 Å². The highest BCUT2D eigenvalue weighted by molar-refractivity contribution is 5.65. The summed E-state index contributed by atoms with van der Waals surface area (Å²) in [5.41, 5.74) is 11.9. The topological polar surface area (TPSA) is 54.7 Å². The van der Waals surface area contributed by atoms with Crippen molar-refractivity contribution in [2.75, 3.05) is 6.54 Å². The van der Waals surface area contributed by atoms with E-state index in [0.29, 0.717) is 0 Å². The quantitative estimate of drug-likeness (QED) is 0.788. The van der Waals surface area contributed by atoms with E-state index in [0.717, 1.165) is 37.3 Å². The molecule has 0 radical (unpaired) electrons.